The molecule has 0 radical (unpaired) electrons. The van der Waals surface area contributed by atoms with Crippen LogP contribution in [0.4, 0.5) is 5.69 Å². The Kier molecular flexibility index (Phi) is 7.96. The Morgan fingerprint density at radius 3 is 2.28 bits per heavy atom. The molecule has 1 amide bonds. The van der Waals surface area contributed by atoms with Crippen LogP contribution in [0.3, 0.4) is 0 Å². The lowest BCUT2D eigenvalue weighted by Crippen LogP contribution is -2.33. The molecule has 1 atom stereocenters. The van der Waals surface area contributed by atoms with E-state index < -0.39 is 10.0 Å². The smallest absolute Gasteiger partial charge is 0.240 e. The van der Waals surface area contributed by atoms with Gasteiger partial charge in [0, 0.05) is 11.7 Å². The summed E-state index contributed by atoms with van der Waals surface area (Å²) in [5.74, 6) is 0.0829. The molecule has 0 heterocycles. The maximum atomic E-state index is 12.4. The lowest BCUT2D eigenvalue weighted by molar-refractivity contribution is -0.115. The van der Waals surface area contributed by atoms with Crippen LogP contribution in [0, 0.1) is 12.8 Å². The second-order valence-corrected chi connectivity index (χ2v) is 9.29. The standard InChI is InChI=1S/C22H31N3O3S/c1-6-17-8-10-18(11-9-17)22(15(2)3)24-14-21(26)25-19-12-7-16(4)20(13-19)29(27,28)23-5/h7-13,15,22-24H,6,14H2,1-5H3,(H,25,26). The number of aryl methyl sites for hydroxylation is 2. The number of hydrogen-bond donors (Lipinski definition) is 3. The Balaban J connectivity index is 2.07. The lowest BCUT2D eigenvalue weighted by atomic mass is 9.95. The minimum Gasteiger partial charge on any atom is -0.325 e. The highest BCUT2D eigenvalue weighted by Crippen LogP contribution is 2.23. The molecular formula is C22H31N3O3S. The number of carbonyl (C=O) groups excluding carboxylic acids is 1. The van der Waals surface area contributed by atoms with E-state index in [9.17, 15) is 13.2 Å². The van der Waals surface area contributed by atoms with Crippen LogP contribution >= 0.6 is 0 Å². The highest BCUT2D eigenvalue weighted by atomic mass is 32.2. The van der Waals surface area contributed by atoms with Crippen LogP contribution in [0.1, 0.15) is 43.5 Å². The van der Waals surface area contributed by atoms with Gasteiger partial charge in [0.25, 0.3) is 0 Å². The Labute approximate surface area is 174 Å². The van der Waals surface area contributed by atoms with Gasteiger partial charge in [-0.25, -0.2) is 13.1 Å². The van der Waals surface area contributed by atoms with Gasteiger partial charge in [-0.05, 0) is 55.1 Å². The van der Waals surface area contributed by atoms with Gasteiger partial charge in [0.1, 0.15) is 0 Å². The number of nitrogens with one attached hydrogen (secondary N) is 3. The average Bonchev–Trinajstić information content (AvgIpc) is 2.69. The summed E-state index contributed by atoms with van der Waals surface area (Å²) in [5, 5.41) is 6.09. The highest BCUT2D eigenvalue weighted by molar-refractivity contribution is 7.89. The zero-order valence-electron chi connectivity index (χ0n) is 17.7. The molecule has 2 rings (SSSR count). The Morgan fingerprint density at radius 2 is 1.72 bits per heavy atom. The van der Waals surface area contributed by atoms with Gasteiger partial charge in [-0.3, -0.25) is 4.79 Å². The summed E-state index contributed by atoms with van der Waals surface area (Å²) in [7, 11) is -2.22. The van der Waals surface area contributed by atoms with E-state index in [0.717, 1.165) is 12.0 Å². The second-order valence-electron chi connectivity index (χ2n) is 7.43. The molecular weight excluding hydrogens is 386 g/mol. The van der Waals surface area contributed by atoms with Gasteiger partial charge in [-0.1, -0.05) is 51.1 Å². The van der Waals surface area contributed by atoms with Gasteiger partial charge >= 0.3 is 0 Å². The van der Waals surface area contributed by atoms with E-state index in [1.165, 1.54) is 18.7 Å². The van der Waals surface area contributed by atoms with Gasteiger partial charge in [-0.2, -0.15) is 0 Å². The predicted molar refractivity (Wildman–Crippen MR) is 117 cm³/mol. The van der Waals surface area contributed by atoms with Crippen molar-refractivity contribution in [2.45, 2.75) is 45.1 Å². The summed E-state index contributed by atoms with van der Waals surface area (Å²) in [6.07, 6.45) is 0.990. The normalized spacial score (nSPS) is 12.8. The maximum absolute atomic E-state index is 12.4. The topological polar surface area (TPSA) is 87.3 Å². The van der Waals surface area contributed by atoms with Gasteiger partial charge in [0.2, 0.25) is 15.9 Å². The zero-order chi connectivity index (χ0) is 21.6. The van der Waals surface area contributed by atoms with Crippen molar-refractivity contribution in [3.05, 3.63) is 59.2 Å². The number of anilines is 1. The lowest BCUT2D eigenvalue weighted by Gasteiger charge is -2.23. The molecule has 2 aromatic rings. The van der Waals surface area contributed by atoms with E-state index in [1.54, 1.807) is 19.1 Å². The van der Waals surface area contributed by atoms with Crippen molar-refractivity contribution in [3.8, 4) is 0 Å². The van der Waals surface area contributed by atoms with Gasteiger partial charge in [0.05, 0.1) is 11.4 Å². The van der Waals surface area contributed by atoms with E-state index >= 15 is 0 Å². The fourth-order valence-corrected chi connectivity index (χ4v) is 4.18. The summed E-state index contributed by atoms with van der Waals surface area (Å²) in [6.45, 7) is 8.18. The minimum absolute atomic E-state index is 0.0462. The maximum Gasteiger partial charge on any atom is 0.240 e. The first kappa shape index (κ1) is 23.1. The monoisotopic (exact) mass is 417 g/mol. The van der Waals surface area contributed by atoms with Crippen molar-refractivity contribution in [1.29, 1.82) is 0 Å². The van der Waals surface area contributed by atoms with Crippen molar-refractivity contribution in [2.75, 3.05) is 18.9 Å². The van der Waals surface area contributed by atoms with Gasteiger partial charge in [-0.15, -0.1) is 0 Å². The van der Waals surface area contributed by atoms with Crippen molar-refractivity contribution in [1.82, 2.24) is 10.0 Å². The van der Waals surface area contributed by atoms with Gasteiger partial charge in [0.15, 0.2) is 0 Å². The van der Waals surface area contributed by atoms with Crippen molar-refractivity contribution >= 4 is 21.6 Å². The van der Waals surface area contributed by atoms with Crippen molar-refractivity contribution in [2.24, 2.45) is 5.92 Å². The first-order chi connectivity index (χ1) is 13.7. The number of carbonyl (C=O) groups is 1. The SMILES string of the molecule is CCc1ccc(C(NCC(=O)Nc2ccc(C)c(S(=O)(=O)NC)c2)C(C)C)cc1. The molecule has 158 valence electrons. The Morgan fingerprint density at radius 1 is 1.07 bits per heavy atom. The number of amides is 1. The molecule has 0 aliphatic rings. The summed E-state index contributed by atoms with van der Waals surface area (Å²) >= 11 is 0. The van der Waals surface area contributed by atoms with E-state index in [1.807, 2.05) is 0 Å². The molecule has 0 aromatic heterocycles. The number of sulfonamides is 1. The molecule has 0 spiro atoms. The molecule has 0 aliphatic heterocycles. The molecule has 2 aromatic carbocycles. The fourth-order valence-electron chi connectivity index (χ4n) is 3.18. The summed E-state index contributed by atoms with van der Waals surface area (Å²) in [6, 6.07) is 13.3. The largest absolute Gasteiger partial charge is 0.325 e. The number of rotatable bonds is 9. The van der Waals surface area contributed by atoms with E-state index in [4.69, 9.17) is 0 Å². The molecule has 0 fully saturated rings. The average molecular weight is 418 g/mol. The summed E-state index contributed by atoms with van der Waals surface area (Å²) < 4.78 is 26.5. The molecule has 0 bridgehead atoms. The minimum atomic E-state index is -3.58. The quantitative estimate of drug-likeness (QED) is 0.584. The molecule has 1 unspecified atom stereocenters. The fraction of sp³-hybridized carbons (Fsp3) is 0.409. The van der Waals surface area contributed by atoms with Crippen LogP contribution in [0.25, 0.3) is 0 Å². The van der Waals surface area contributed by atoms with Crippen LogP contribution in [-0.4, -0.2) is 27.9 Å². The third-order valence-corrected chi connectivity index (χ3v) is 6.48. The first-order valence-corrected chi connectivity index (χ1v) is 11.3. The highest BCUT2D eigenvalue weighted by Gasteiger charge is 2.18. The van der Waals surface area contributed by atoms with Crippen LogP contribution in [0.15, 0.2) is 47.4 Å². The molecule has 6 nitrogen and oxygen atoms in total. The third-order valence-electron chi connectivity index (χ3n) is 4.93. The Hall–Kier alpha value is -2.22. The molecule has 29 heavy (non-hydrogen) atoms. The van der Waals surface area contributed by atoms with E-state index in [2.05, 4.69) is 60.4 Å². The van der Waals surface area contributed by atoms with E-state index in [0.29, 0.717) is 17.2 Å². The van der Waals surface area contributed by atoms with Crippen LogP contribution in [-0.2, 0) is 21.2 Å². The van der Waals surface area contributed by atoms with Crippen LogP contribution in [0.2, 0.25) is 0 Å². The van der Waals surface area contributed by atoms with Crippen molar-refractivity contribution < 1.29 is 13.2 Å². The van der Waals surface area contributed by atoms with Gasteiger partial charge < -0.3 is 10.6 Å². The van der Waals surface area contributed by atoms with Crippen molar-refractivity contribution in [3.63, 3.8) is 0 Å². The predicted octanol–water partition coefficient (Wildman–Crippen LogP) is 3.39. The number of benzene rings is 2. The number of hydrogen-bond acceptors (Lipinski definition) is 4. The molecule has 0 aliphatic carbocycles. The first-order valence-electron chi connectivity index (χ1n) is 9.84. The zero-order valence-corrected chi connectivity index (χ0v) is 18.6. The molecule has 7 heteroatoms. The van der Waals surface area contributed by atoms with E-state index in [-0.39, 0.29) is 23.4 Å². The second kappa shape index (κ2) is 10.0. The van der Waals surface area contributed by atoms with Crippen LogP contribution in [0.5, 0.6) is 0 Å². The molecule has 3 N–H and O–H groups in total. The summed E-state index contributed by atoms with van der Waals surface area (Å²) in [5.41, 5.74) is 3.49. The molecule has 0 saturated heterocycles. The van der Waals surface area contributed by atoms with Crippen LogP contribution < -0.4 is 15.4 Å². The third kappa shape index (κ3) is 6.13. The molecule has 0 saturated carbocycles. The Bertz CT molecular complexity index is 938. The summed E-state index contributed by atoms with van der Waals surface area (Å²) in [4.78, 5) is 12.6.